The van der Waals surface area contributed by atoms with Crippen molar-refractivity contribution in [1.29, 1.82) is 0 Å². The Morgan fingerprint density at radius 3 is 2.74 bits per heavy atom. The van der Waals surface area contributed by atoms with Crippen LogP contribution in [0.3, 0.4) is 0 Å². The van der Waals surface area contributed by atoms with E-state index in [0.717, 1.165) is 57.5 Å². The van der Waals surface area contributed by atoms with Gasteiger partial charge in [0.15, 0.2) is 0 Å². The summed E-state index contributed by atoms with van der Waals surface area (Å²) in [5.41, 5.74) is -0.230. The van der Waals surface area contributed by atoms with Crippen molar-refractivity contribution in [3.8, 4) is 0 Å². The molecule has 0 aromatic rings. The summed E-state index contributed by atoms with van der Waals surface area (Å²) in [4.78, 5) is 12.5. The van der Waals surface area contributed by atoms with E-state index in [9.17, 15) is 9.90 Å². The molecule has 128 valence electrons. The number of ketones is 1. The van der Waals surface area contributed by atoms with Gasteiger partial charge < -0.3 is 9.84 Å². The Morgan fingerprint density at radius 2 is 1.91 bits per heavy atom. The lowest BCUT2D eigenvalue weighted by molar-refractivity contribution is -0.146. The summed E-state index contributed by atoms with van der Waals surface area (Å²) < 4.78 is 6.31. The van der Waals surface area contributed by atoms with Crippen molar-refractivity contribution in [3.63, 3.8) is 0 Å². The number of hydrogen-bond donors (Lipinski definition) is 1. The van der Waals surface area contributed by atoms with Crippen LogP contribution >= 0.6 is 0 Å². The maximum absolute atomic E-state index is 12.5. The third-order valence-corrected chi connectivity index (χ3v) is 8.93. The van der Waals surface area contributed by atoms with E-state index >= 15 is 0 Å². The van der Waals surface area contributed by atoms with Gasteiger partial charge in [0.25, 0.3) is 0 Å². The molecule has 0 amide bonds. The zero-order valence-corrected chi connectivity index (χ0v) is 14.5. The molecule has 0 aromatic heterocycles. The van der Waals surface area contributed by atoms with Gasteiger partial charge in [-0.05, 0) is 75.5 Å². The number of rotatable bonds is 0. The molecule has 23 heavy (non-hydrogen) atoms. The molecule has 4 saturated carbocycles. The van der Waals surface area contributed by atoms with E-state index in [2.05, 4.69) is 6.92 Å². The second kappa shape index (κ2) is 4.40. The predicted molar refractivity (Wildman–Crippen MR) is 86.8 cm³/mol. The van der Waals surface area contributed by atoms with Crippen LogP contribution in [0.2, 0.25) is 0 Å². The molecule has 5 rings (SSSR count). The third-order valence-electron chi connectivity index (χ3n) is 8.93. The molecule has 2 bridgehead atoms. The van der Waals surface area contributed by atoms with Crippen LogP contribution in [0.1, 0.15) is 65.2 Å². The molecule has 3 heteroatoms. The molecule has 3 nitrogen and oxygen atoms in total. The van der Waals surface area contributed by atoms with Gasteiger partial charge in [0.1, 0.15) is 5.78 Å². The standard InChI is InChI=1S/C20H30O3/c1-18(22)7-8-20-11-23-16(15(20)10-18)9-12-13-3-4-17(21)19(13,2)6-5-14(12)20/h12-16,22H,3-11H2,1-2H3/t12-,13-,14?,15?,16+,18+,19-,20-/m0/s1. The minimum absolute atomic E-state index is 0.0375. The molecule has 0 aromatic carbocycles. The monoisotopic (exact) mass is 318 g/mol. The van der Waals surface area contributed by atoms with E-state index in [1.54, 1.807) is 0 Å². The van der Waals surface area contributed by atoms with Gasteiger partial charge in [-0.25, -0.2) is 0 Å². The lowest BCUT2D eigenvalue weighted by Gasteiger charge is -2.59. The average molecular weight is 318 g/mol. The van der Waals surface area contributed by atoms with Gasteiger partial charge in [-0.2, -0.15) is 0 Å². The first-order valence-electron chi connectivity index (χ1n) is 9.73. The number of hydrogen-bond acceptors (Lipinski definition) is 3. The zero-order chi connectivity index (χ0) is 16.0. The summed E-state index contributed by atoms with van der Waals surface area (Å²) in [6.07, 6.45) is 8.65. The van der Waals surface area contributed by atoms with Crippen LogP contribution in [0.25, 0.3) is 0 Å². The Hall–Kier alpha value is -0.410. The predicted octanol–water partition coefficient (Wildman–Crippen LogP) is 3.34. The highest BCUT2D eigenvalue weighted by atomic mass is 16.5. The summed E-state index contributed by atoms with van der Waals surface area (Å²) >= 11 is 0. The first-order chi connectivity index (χ1) is 10.9. The zero-order valence-electron chi connectivity index (χ0n) is 14.5. The molecular formula is C20H30O3. The van der Waals surface area contributed by atoms with Crippen molar-refractivity contribution >= 4 is 5.78 Å². The summed E-state index contributed by atoms with van der Waals surface area (Å²) in [6, 6.07) is 0. The molecule has 5 aliphatic rings. The van der Waals surface area contributed by atoms with Gasteiger partial charge in [-0.3, -0.25) is 4.79 Å². The lowest BCUT2D eigenvalue weighted by atomic mass is 9.44. The third kappa shape index (κ3) is 1.76. The number of ether oxygens (including phenoxy) is 1. The van der Waals surface area contributed by atoms with E-state index in [-0.39, 0.29) is 5.41 Å². The highest BCUT2D eigenvalue weighted by Gasteiger charge is 2.67. The number of carbonyl (C=O) groups is 1. The molecule has 1 N–H and O–H groups in total. The van der Waals surface area contributed by atoms with E-state index < -0.39 is 5.60 Å². The largest absolute Gasteiger partial charge is 0.390 e. The van der Waals surface area contributed by atoms with E-state index in [0.29, 0.717) is 35.1 Å². The minimum atomic E-state index is -0.501. The number of aliphatic hydroxyl groups is 1. The molecule has 8 atom stereocenters. The molecule has 2 unspecified atom stereocenters. The molecule has 5 fully saturated rings. The SMILES string of the molecule is C[C@@]1(O)CC[C@]23CO[C@H](C[C@@H]4C2CC[C@]2(C)C(=O)CC[C@@H]42)C3C1. The van der Waals surface area contributed by atoms with Crippen LogP contribution in [0, 0.1) is 34.5 Å². The number of carbonyl (C=O) groups excluding carboxylic acids is 1. The highest BCUT2D eigenvalue weighted by Crippen LogP contribution is 2.68. The number of fused-ring (bicyclic) bond motifs is 3. The van der Waals surface area contributed by atoms with Crippen molar-refractivity contribution in [2.45, 2.75) is 76.9 Å². The van der Waals surface area contributed by atoms with Crippen molar-refractivity contribution in [1.82, 2.24) is 0 Å². The van der Waals surface area contributed by atoms with Gasteiger partial charge >= 0.3 is 0 Å². The Labute approximate surface area is 139 Å². The average Bonchev–Trinajstić information content (AvgIpc) is 2.93. The second-order valence-corrected chi connectivity index (χ2v) is 9.92. The molecule has 1 heterocycles. The van der Waals surface area contributed by atoms with Crippen molar-refractivity contribution in [3.05, 3.63) is 0 Å². The first-order valence-corrected chi connectivity index (χ1v) is 9.73. The Balaban J connectivity index is 1.52. The summed E-state index contributed by atoms with van der Waals surface area (Å²) in [7, 11) is 0. The molecule has 1 saturated heterocycles. The van der Waals surface area contributed by atoms with E-state index in [4.69, 9.17) is 4.74 Å². The van der Waals surface area contributed by atoms with E-state index in [1.165, 1.54) is 6.42 Å². The maximum Gasteiger partial charge on any atom is 0.139 e. The van der Waals surface area contributed by atoms with Crippen LogP contribution in [0.4, 0.5) is 0 Å². The van der Waals surface area contributed by atoms with Gasteiger partial charge in [0.2, 0.25) is 0 Å². The van der Waals surface area contributed by atoms with Gasteiger partial charge in [0, 0.05) is 17.3 Å². The lowest BCUT2D eigenvalue weighted by Crippen LogP contribution is -2.57. The molecule has 1 aliphatic heterocycles. The molecular weight excluding hydrogens is 288 g/mol. The fourth-order valence-electron chi connectivity index (χ4n) is 7.69. The van der Waals surface area contributed by atoms with Crippen molar-refractivity contribution in [2.75, 3.05) is 6.61 Å². The highest BCUT2D eigenvalue weighted by molar-refractivity contribution is 5.87. The van der Waals surface area contributed by atoms with Gasteiger partial charge in [0.05, 0.1) is 18.3 Å². The molecule has 4 aliphatic carbocycles. The van der Waals surface area contributed by atoms with Crippen molar-refractivity contribution < 1.29 is 14.6 Å². The Kier molecular flexibility index (Phi) is 2.85. The van der Waals surface area contributed by atoms with Gasteiger partial charge in [-0.1, -0.05) is 6.92 Å². The second-order valence-electron chi connectivity index (χ2n) is 9.92. The summed E-state index contributed by atoms with van der Waals surface area (Å²) in [5.74, 6) is 3.09. The maximum atomic E-state index is 12.5. The Bertz CT molecular complexity index is 555. The summed E-state index contributed by atoms with van der Waals surface area (Å²) in [6.45, 7) is 5.18. The smallest absolute Gasteiger partial charge is 0.139 e. The summed E-state index contributed by atoms with van der Waals surface area (Å²) in [5, 5.41) is 10.6. The van der Waals surface area contributed by atoms with Crippen LogP contribution in [-0.4, -0.2) is 29.2 Å². The Morgan fingerprint density at radius 1 is 1.09 bits per heavy atom. The van der Waals surface area contributed by atoms with Crippen LogP contribution < -0.4 is 0 Å². The van der Waals surface area contributed by atoms with Crippen molar-refractivity contribution in [2.24, 2.45) is 34.5 Å². The molecule has 0 radical (unpaired) electrons. The topological polar surface area (TPSA) is 46.5 Å². The van der Waals surface area contributed by atoms with Crippen LogP contribution in [-0.2, 0) is 9.53 Å². The minimum Gasteiger partial charge on any atom is -0.390 e. The quantitative estimate of drug-likeness (QED) is 0.745. The fraction of sp³-hybridized carbons (Fsp3) is 0.950. The van der Waals surface area contributed by atoms with E-state index in [1.807, 2.05) is 6.92 Å². The number of Topliss-reactive ketones (excluding diaryl/α,β-unsaturated/α-hetero) is 1. The fourth-order valence-corrected chi connectivity index (χ4v) is 7.69. The normalized spacial score (nSPS) is 61.0. The molecule has 0 spiro atoms. The first kappa shape index (κ1) is 14.9. The van der Waals surface area contributed by atoms with Gasteiger partial charge in [-0.15, -0.1) is 0 Å². The van der Waals surface area contributed by atoms with Crippen LogP contribution in [0.15, 0.2) is 0 Å². The van der Waals surface area contributed by atoms with Crippen LogP contribution in [0.5, 0.6) is 0 Å².